The Kier molecular flexibility index (Phi) is 6.07. The number of allylic oxidation sites excluding steroid dienone is 1. The van der Waals surface area contributed by atoms with Crippen molar-refractivity contribution in [2.24, 2.45) is 0 Å². The lowest BCUT2D eigenvalue weighted by Gasteiger charge is -2.42. The van der Waals surface area contributed by atoms with Gasteiger partial charge in [-0.3, -0.25) is 0 Å². The Balaban J connectivity index is 1.74. The van der Waals surface area contributed by atoms with Crippen molar-refractivity contribution in [3.63, 3.8) is 0 Å². The van der Waals surface area contributed by atoms with E-state index in [-0.39, 0.29) is 0 Å². The monoisotopic (exact) mass is 378 g/mol. The molecule has 0 atom stereocenters. The molecule has 0 radical (unpaired) electrons. The summed E-state index contributed by atoms with van der Waals surface area (Å²) in [5.74, 6) is 0. The molecule has 2 aromatic carbocycles. The van der Waals surface area contributed by atoms with Crippen molar-refractivity contribution >= 4 is 14.4 Å². The molecule has 0 amide bonds. The lowest BCUT2D eigenvalue weighted by Crippen LogP contribution is -2.47. The van der Waals surface area contributed by atoms with Crippen LogP contribution in [0.15, 0.2) is 48.5 Å². The van der Waals surface area contributed by atoms with E-state index in [1.807, 2.05) is 0 Å². The van der Waals surface area contributed by atoms with Gasteiger partial charge in [-0.1, -0.05) is 96.2 Å². The molecule has 1 nitrogen and oxygen atoms in total. The molecule has 0 unspecified atom stereocenters. The molecule has 0 N–H and O–H groups in total. The van der Waals surface area contributed by atoms with E-state index in [0.29, 0.717) is 16.6 Å². The molecule has 0 fully saturated rings. The summed E-state index contributed by atoms with van der Waals surface area (Å²) < 4.78 is 6.74. The highest BCUT2D eigenvalue weighted by molar-refractivity contribution is 6.77. The summed E-state index contributed by atoms with van der Waals surface area (Å²) in [6, 6.07) is 15.8. The smallest absolute Gasteiger partial charge is 0.200 e. The van der Waals surface area contributed by atoms with Gasteiger partial charge >= 0.3 is 0 Å². The quantitative estimate of drug-likeness (QED) is 0.450. The fraction of sp³-hybridized carbons (Fsp3) is 0.440. The van der Waals surface area contributed by atoms with Gasteiger partial charge in [-0.15, -0.1) is 0 Å². The Morgan fingerprint density at radius 3 is 2.00 bits per heavy atom. The number of fused-ring (bicyclic) bond motifs is 1. The average molecular weight is 379 g/mol. The highest BCUT2D eigenvalue weighted by Crippen LogP contribution is 2.42. The maximum Gasteiger partial charge on any atom is 0.200 e. The summed E-state index contributed by atoms with van der Waals surface area (Å²) >= 11 is 0. The van der Waals surface area contributed by atoms with Crippen LogP contribution in [0.2, 0.25) is 16.6 Å². The fourth-order valence-electron chi connectivity index (χ4n) is 4.94. The molecule has 0 heterocycles. The minimum Gasteiger partial charge on any atom is -0.412 e. The average Bonchev–Trinajstić information content (AvgIpc) is 3.09. The van der Waals surface area contributed by atoms with Crippen molar-refractivity contribution in [3.05, 3.63) is 65.2 Å². The zero-order chi connectivity index (χ0) is 19.6. The van der Waals surface area contributed by atoms with Crippen LogP contribution >= 0.6 is 0 Å². The lowest BCUT2D eigenvalue weighted by molar-refractivity contribution is 0.266. The molecule has 0 aliphatic heterocycles. The largest absolute Gasteiger partial charge is 0.412 e. The molecule has 0 aromatic heterocycles. The highest BCUT2D eigenvalue weighted by atomic mass is 28.4. The Bertz CT molecular complexity index is 778. The van der Waals surface area contributed by atoms with Gasteiger partial charge in [0.25, 0.3) is 0 Å². The molecule has 0 saturated carbocycles. The standard InChI is InChI=1S/C25H34OSi/c1-18(2)27(19(3)4,20(5)6)26-17-21-10-12-23(13-11-21)25-15-14-22-8-7-9-24(22)16-25/h7-8,10-16,18-20H,9,17H2,1-6H3. The molecule has 3 rings (SSSR count). The van der Waals surface area contributed by atoms with E-state index in [2.05, 4.69) is 96.2 Å². The van der Waals surface area contributed by atoms with E-state index >= 15 is 0 Å². The van der Waals surface area contributed by atoms with Gasteiger partial charge in [0.1, 0.15) is 0 Å². The van der Waals surface area contributed by atoms with Crippen LogP contribution in [0.4, 0.5) is 0 Å². The normalized spacial score (nSPS) is 13.8. The van der Waals surface area contributed by atoms with Crippen LogP contribution in [0.3, 0.4) is 0 Å². The van der Waals surface area contributed by atoms with Gasteiger partial charge in [0.05, 0.1) is 6.61 Å². The first kappa shape index (κ1) is 20.1. The summed E-state index contributed by atoms with van der Waals surface area (Å²) in [5, 5.41) is 0. The number of hydrogen-bond acceptors (Lipinski definition) is 1. The van der Waals surface area contributed by atoms with Crippen LogP contribution in [-0.4, -0.2) is 8.32 Å². The van der Waals surface area contributed by atoms with Crippen LogP contribution < -0.4 is 0 Å². The summed E-state index contributed by atoms with van der Waals surface area (Å²) in [4.78, 5) is 0. The maximum absolute atomic E-state index is 6.74. The maximum atomic E-state index is 6.74. The topological polar surface area (TPSA) is 9.23 Å². The second-order valence-electron chi connectivity index (χ2n) is 8.82. The molecule has 27 heavy (non-hydrogen) atoms. The second kappa shape index (κ2) is 8.16. The third-order valence-electron chi connectivity index (χ3n) is 6.26. The first-order valence-electron chi connectivity index (χ1n) is 10.4. The van der Waals surface area contributed by atoms with E-state index in [4.69, 9.17) is 4.43 Å². The Labute approximate surface area is 166 Å². The molecule has 0 saturated heterocycles. The van der Waals surface area contributed by atoms with Crippen molar-refractivity contribution in [1.82, 2.24) is 0 Å². The van der Waals surface area contributed by atoms with E-state index < -0.39 is 8.32 Å². The predicted octanol–water partition coefficient (Wildman–Crippen LogP) is 7.62. The van der Waals surface area contributed by atoms with Gasteiger partial charge < -0.3 is 4.43 Å². The van der Waals surface area contributed by atoms with Gasteiger partial charge in [0.15, 0.2) is 0 Å². The number of hydrogen-bond donors (Lipinski definition) is 0. The Hall–Kier alpha value is -1.64. The van der Waals surface area contributed by atoms with Crippen molar-refractivity contribution in [1.29, 1.82) is 0 Å². The van der Waals surface area contributed by atoms with Crippen molar-refractivity contribution in [3.8, 4) is 11.1 Å². The van der Waals surface area contributed by atoms with Crippen LogP contribution in [0.5, 0.6) is 0 Å². The van der Waals surface area contributed by atoms with Crippen LogP contribution in [0.1, 0.15) is 58.2 Å². The molecule has 1 aliphatic carbocycles. The molecule has 0 bridgehead atoms. The van der Waals surface area contributed by atoms with Crippen LogP contribution in [-0.2, 0) is 17.5 Å². The molecule has 1 aliphatic rings. The van der Waals surface area contributed by atoms with Crippen LogP contribution in [0, 0.1) is 0 Å². The van der Waals surface area contributed by atoms with E-state index in [1.54, 1.807) is 0 Å². The number of benzene rings is 2. The molecular formula is C25H34OSi. The Morgan fingerprint density at radius 1 is 0.815 bits per heavy atom. The van der Waals surface area contributed by atoms with Gasteiger partial charge in [0, 0.05) is 0 Å². The highest BCUT2D eigenvalue weighted by Gasteiger charge is 2.44. The molecular weight excluding hydrogens is 344 g/mol. The van der Waals surface area contributed by atoms with Gasteiger partial charge in [0.2, 0.25) is 8.32 Å². The van der Waals surface area contributed by atoms with Crippen LogP contribution in [0.25, 0.3) is 17.2 Å². The number of rotatable bonds is 7. The third-order valence-corrected chi connectivity index (χ3v) is 12.3. The predicted molar refractivity (Wildman–Crippen MR) is 120 cm³/mol. The summed E-state index contributed by atoms with van der Waals surface area (Å²) in [6.07, 6.45) is 5.51. The summed E-state index contributed by atoms with van der Waals surface area (Å²) in [6.45, 7) is 14.8. The first-order chi connectivity index (χ1) is 12.8. The minimum atomic E-state index is -1.81. The van der Waals surface area contributed by atoms with Gasteiger partial charge in [-0.2, -0.15) is 0 Å². The summed E-state index contributed by atoms with van der Waals surface area (Å²) in [7, 11) is -1.81. The van der Waals surface area contributed by atoms with Crippen molar-refractivity contribution in [2.75, 3.05) is 0 Å². The van der Waals surface area contributed by atoms with Gasteiger partial charge in [-0.25, -0.2) is 0 Å². The fourth-order valence-corrected chi connectivity index (χ4v) is 10.4. The van der Waals surface area contributed by atoms with E-state index in [9.17, 15) is 0 Å². The SMILES string of the molecule is CC(C)[Si](OCc1ccc(-c2ccc3c(c2)CC=C3)cc1)(C(C)C)C(C)C. The van der Waals surface area contributed by atoms with Gasteiger partial charge in [-0.05, 0) is 50.9 Å². The molecule has 0 spiro atoms. The zero-order valence-corrected chi connectivity index (χ0v) is 18.8. The zero-order valence-electron chi connectivity index (χ0n) is 17.8. The molecule has 2 heteroatoms. The summed E-state index contributed by atoms with van der Waals surface area (Å²) in [5.41, 5.74) is 8.53. The lowest BCUT2D eigenvalue weighted by atomic mass is 9.99. The molecule has 144 valence electrons. The first-order valence-corrected chi connectivity index (χ1v) is 12.5. The second-order valence-corrected chi connectivity index (χ2v) is 14.3. The van der Waals surface area contributed by atoms with Crippen molar-refractivity contribution in [2.45, 2.75) is 71.2 Å². The molecule has 2 aromatic rings. The van der Waals surface area contributed by atoms with E-state index in [1.165, 1.54) is 27.8 Å². The third kappa shape index (κ3) is 3.97. The Morgan fingerprint density at radius 2 is 1.41 bits per heavy atom. The van der Waals surface area contributed by atoms with E-state index in [0.717, 1.165) is 13.0 Å². The van der Waals surface area contributed by atoms with Crippen molar-refractivity contribution < 1.29 is 4.43 Å². The minimum absolute atomic E-state index is 0.622.